The van der Waals surface area contributed by atoms with Crippen molar-refractivity contribution in [1.29, 1.82) is 0 Å². The Morgan fingerprint density at radius 1 is 1.27 bits per heavy atom. The van der Waals surface area contributed by atoms with E-state index in [9.17, 15) is 9.59 Å². The lowest BCUT2D eigenvalue weighted by Crippen LogP contribution is -2.44. The SMILES string of the molecule is CCCOc1ccc(C=C2SC(=S)N(NC(=O)c3ccccc3Cl)C2=O)cc1OC. The molecule has 0 bridgehead atoms. The van der Waals surface area contributed by atoms with Gasteiger partial charge in [0.25, 0.3) is 11.8 Å². The zero-order chi connectivity index (χ0) is 21.7. The number of nitrogens with one attached hydrogen (secondary N) is 1. The van der Waals surface area contributed by atoms with Crippen LogP contribution in [0.1, 0.15) is 29.3 Å². The first kappa shape index (κ1) is 22.1. The van der Waals surface area contributed by atoms with Gasteiger partial charge in [-0.1, -0.05) is 48.5 Å². The fraction of sp³-hybridized carbons (Fsp3) is 0.190. The zero-order valence-electron chi connectivity index (χ0n) is 16.3. The Balaban J connectivity index is 1.78. The second-order valence-electron chi connectivity index (χ2n) is 6.20. The summed E-state index contributed by atoms with van der Waals surface area (Å²) in [7, 11) is 1.56. The first-order valence-corrected chi connectivity index (χ1v) is 10.7. The molecule has 0 unspecified atom stereocenters. The largest absolute Gasteiger partial charge is 0.493 e. The number of amides is 2. The monoisotopic (exact) mass is 462 g/mol. The summed E-state index contributed by atoms with van der Waals surface area (Å²) in [6, 6.07) is 12.0. The van der Waals surface area contributed by atoms with E-state index in [4.69, 9.17) is 33.3 Å². The Kier molecular flexibility index (Phi) is 7.36. The summed E-state index contributed by atoms with van der Waals surface area (Å²) in [5.74, 6) is 0.267. The molecular formula is C21H19ClN2O4S2. The average molecular weight is 463 g/mol. The highest BCUT2D eigenvalue weighted by atomic mass is 35.5. The number of hydrogen-bond acceptors (Lipinski definition) is 6. The minimum absolute atomic E-state index is 0.224. The van der Waals surface area contributed by atoms with Crippen molar-refractivity contribution in [3.63, 3.8) is 0 Å². The molecule has 3 rings (SSSR count). The lowest BCUT2D eigenvalue weighted by atomic mass is 10.2. The molecule has 156 valence electrons. The Hall–Kier alpha value is -2.55. The molecule has 0 radical (unpaired) electrons. The van der Waals surface area contributed by atoms with Gasteiger partial charge in [0.1, 0.15) is 0 Å². The maximum absolute atomic E-state index is 12.8. The molecule has 1 N–H and O–H groups in total. The second-order valence-corrected chi connectivity index (χ2v) is 8.28. The van der Waals surface area contributed by atoms with E-state index in [1.165, 1.54) is 0 Å². The fourth-order valence-electron chi connectivity index (χ4n) is 2.63. The van der Waals surface area contributed by atoms with Crippen LogP contribution in [0.25, 0.3) is 6.08 Å². The summed E-state index contributed by atoms with van der Waals surface area (Å²) in [6.45, 7) is 2.60. The molecule has 0 saturated carbocycles. The van der Waals surface area contributed by atoms with Crippen LogP contribution in [-0.2, 0) is 4.79 Å². The Morgan fingerprint density at radius 3 is 2.73 bits per heavy atom. The van der Waals surface area contributed by atoms with Gasteiger partial charge in [-0.15, -0.1) is 0 Å². The number of hydrazine groups is 1. The summed E-state index contributed by atoms with van der Waals surface area (Å²) in [5.41, 5.74) is 3.52. The number of thiocarbonyl (C=S) groups is 1. The highest BCUT2D eigenvalue weighted by Gasteiger charge is 2.34. The Labute approximate surface area is 189 Å². The van der Waals surface area contributed by atoms with Gasteiger partial charge in [-0.3, -0.25) is 15.0 Å². The normalized spacial score (nSPS) is 14.9. The third kappa shape index (κ3) is 4.95. The van der Waals surface area contributed by atoms with Gasteiger partial charge in [0.05, 0.1) is 29.2 Å². The minimum Gasteiger partial charge on any atom is -0.493 e. The predicted octanol–water partition coefficient (Wildman–Crippen LogP) is 4.68. The lowest BCUT2D eigenvalue weighted by Gasteiger charge is -2.16. The number of benzene rings is 2. The summed E-state index contributed by atoms with van der Waals surface area (Å²) in [5, 5.41) is 1.33. The fourth-order valence-corrected chi connectivity index (χ4v) is 4.03. The van der Waals surface area contributed by atoms with Crippen LogP contribution in [0.2, 0.25) is 5.02 Å². The number of carbonyl (C=O) groups excluding carboxylic acids is 2. The van der Waals surface area contributed by atoms with Crippen LogP contribution in [0.4, 0.5) is 0 Å². The molecule has 9 heteroatoms. The van der Waals surface area contributed by atoms with E-state index < -0.39 is 11.8 Å². The van der Waals surface area contributed by atoms with E-state index >= 15 is 0 Å². The molecule has 0 spiro atoms. The van der Waals surface area contributed by atoms with E-state index in [1.54, 1.807) is 49.6 Å². The van der Waals surface area contributed by atoms with Crippen LogP contribution in [-0.4, -0.2) is 34.9 Å². The van der Waals surface area contributed by atoms with Gasteiger partial charge in [0, 0.05) is 0 Å². The van der Waals surface area contributed by atoms with Crippen molar-refractivity contribution in [2.45, 2.75) is 13.3 Å². The Morgan fingerprint density at radius 2 is 2.03 bits per heavy atom. The topological polar surface area (TPSA) is 67.9 Å². The van der Waals surface area contributed by atoms with Crippen LogP contribution >= 0.6 is 35.6 Å². The van der Waals surface area contributed by atoms with E-state index in [0.29, 0.717) is 23.0 Å². The number of rotatable bonds is 7. The molecule has 1 aliphatic heterocycles. The quantitative estimate of drug-likeness (QED) is 0.476. The summed E-state index contributed by atoms with van der Waals surface area (Å²) in [6.07, 6.45) is 2.57. The maximum Gasteiger partial charge on any atom is 0.285 e. The second kappa shape index (κ2) is 9.97. The number of hydrogen-bond donors (Lipinski definition) is 1. The van der Waals surface area contributed by atoms with Crippen molar-refractivity contribution in [2.75, 3.05) is 13.7 Å². The minimum atomic E-state index is -0.516. The molecule has 2 aromatic rings. The molecule has 2 amide bonds. The van der Waals surface area contributed by atoms with Gasteiger partial charge in [-0.25, -0.2) is 0 Å². The molecule has 2 aromatic carbocycles. The van der Waals surface area contributed by atoms with Gasteiger partial charge in [0.15, 0.2) is 15.8 Å². The van der Waals surface area contributed by atoms with E-state index in [-0.39, 0.29) is 14.9 Å². The standard InChI is InChI=1S/C21H19ClN2O4S2/c1-3-10-28-16-9-8-13(11-17(16)27-2)12-18-20(26)24(21(29)30-18)23-19(25)14-6-4-5-7-15(14)22/h4-9,11-12H,3,10H2,1-2H3,(H,23,25). The van der Waals surface area contributed by atoms with Crippen molar-refractivity contribution in [2.24, 2.45) is 0 Å². The third-order valence-corrected chi connectivity index (χ3v) is 5.70. The van der Waals surface area contributed by atoms with Crippen LogP contribution in [0.3, 0.4) is 0 Å². The summed E-state index contributed by atoms with van der Waals surface area (Å²) in [4.78, 5) is 25.6. The van der Waals surface area contributed by atoms with Crippen molar-refractivity contribution in [3.05, 3.63) is 63.5 Å². The molecule has 6 nitrogen and oxygen atoms in total. The van der Waals surface area contributed by atoms with Crippen molar-refractivity contribution >= 4 is 57.8 Å². The van der Waals surface area contributed by atoms with E-state index in [1.807, 2.05) is 13.0 Å². The van der Waals surface area contributed by atoms with Crippen LogP contribution in [0.5, 0.6) is 11.5 Å². The highest BCUT2D eigenvalue weighted by Crippen LogP contribution is 2.34. The third-order valence-electron chi connectivity index (χ3n) is 4.07. The van der Waals surface area contributed by atoms with Gasteiger partial charge >= 0.3 is 0 Å². The molecule has 0 atom stereocenters. The summed E-state index contributed by atoms with van der Waals surface area (Å²) < 4.78 is 11.2. The number of ether oxygens (including phenoxy) is 2. The average Bonchev–Trinajstić information content (AvgIpc) is 3.00. The molecule has 0 aliphatic carbocycles. The number of carbonyl (C=O) groups is 2. The van der Waals surface area contributed by atoms with Crippen LogP contribution in [0.15, 0.2) is 47.4 Å². The number of nitrogens with zero attached hydrogens (tertiary/aromatic N) is 1. The predicted molar refractivity (Wildman–Crippen MR) is 123 cm³/mol. The zero-order valence-corrected chi connectivity index (χ0v) is 18.7. The molecule has 1 fully saturated rings. The van der Waals surface area contributed by atoms with E-state index in [0.717, 1.165) is 28.8 Å². The van der Waals surface area contributed by atoms with Crippen LogP contribution < -0.4 is 14.9 Å². The molecular weight excluding hydrogens is 444 g/mol. The molecule has 0 aromatic heterocycles. The first-order chi connectivity index (χ1) is 14.4. The number of methoxy groups -OCH3 is 1. The number of halogens is 1. The first-order valence-electron chi connectivity index (χ1n) is 9.09. The lowest BCUT2D eigenvalue weighted by molar-refractivity contribution is -0.123. The van der Waals surface area contributed by atoms with E-state index in [2.05, 4.69) is 5.43 Å². The van der Waals surface area contributed by atoms with Crippen molar-refractivity contribution in [3.8, 4) is 11.5 Å². The smallest absolute Gasteiger partial charge is 0.285 e. The van der Waals surface area contributed by atoms with Crippen molar-refractivity contribution < 1.29 is 19.1 Å². The highest BCUT2D eigenvalue weighted by molar-refractivity contribution is 8.26. The van der Waals surface area contributed by atoms with Gasteiger partial charge in [-0.05, 0) is 54.5 Å². The molecule has 1 heterocycles. The molecule has 1 saturated heterocycles. The Bertz CT molecular complexity index is 1030. The molecule has 30 heavy (non-hydrogen) atoms. The van der Waals surface area contributed by atoms with Gasteiger partial charge in [-0.2, -0.15) is 5.01 Å². The summed E-state index contributed by atoms with van der Waals surface area (Å²) >= 11 is 12.4. The van der Waals surface area contributed by atoms with Gasteiger partial charge < -0.3 is 9.47 Å². The van der Waals surface area contributed by atoms with Gasteiger partial charge in [0.2, 0.25) is 0 Å². The maximum atomic E-state index is 12.8. The number of thioether (sulfide) groups is 1. The van der Waals surface area contributed by atoms with Crippen molar-refractivity contribution in [1.82, 2.24) is 10.4 Å². The van der Waals surface area contributed by atoms with Crippen LogP contribution in [0, 0.1) is 0 Å². The molecule has 1 aliphatic rings.